The van der Waals surface area contributed by atoms with E-state index in [1.165, 1.54) is 32.1 Å². The van der Waals surface area contributed by atoms with Crippen LogP contribution in [-0.2, 0) is 19.3 Å². The summed E-state index contributed by atoms with van der Waals surface area (Å²) in [5.74, 6) is 0. The van der Waals surface area contributed by atoms with Crippen molar-refractivity contribution in [3.8, 4) is 0 Å². The highest BCUT2D eigenvalue weighted by Gasteiger charge is 2.29. The molecule has 2 aliphatic rings. The Labute approximate surface area is 105 Å². The normalized spacial score (nSPS) is 28.6. The molecule has 2 unspecified atom stereocenters. The van der Waals surface area contributed by atoms with Gasteiger partial charge in [-0.25, -0.2) is 0 Å². The fourth-order valence-corrected chi connectivity index (χ4v) is 3.60. The Bertz CT molecular complexity index is 435. The summed E-state index contributed by atoms with van der Waals surface area (Å²) in [5.41, 5.74) is 6.63. The second-order valence-electron chi connectivity index (χ2n) is 5.87. The fraction of sp³-hybridized carbons (Fsp3) is 0.625. The van der Waals surface area contributed by atoms with E-state index in [0.29, 0.717) is 12.1 Å². The average molecular weight is 229 g/mol. The Kier molecular flexibility index (Phi) is 2.74. The number of rotatable bonds is 0. The first kappa shape index (κ1) is 11.3. The zero-order valence-electron chi connectivity index (χ0n) is 11.3. The van der Waals surface area contributed by atoms with Gasteiger partial charge in [-0.15, -0.1) is 0 Å². The molecule has 1 aliphatic heterocycles. The summed E-state index contributed by atoms with van der Waals surface area (Å²) in [6.07, 6.45) is 6.65. The molecule has 0 radical (unpaired) electrons. The lowest BCUT2D eigenvalue weighted by molar-refractivity contribution is 0.179. The van der Waals surface area contributed by atoms with Crippen LogP contribution in [0.3, 0.4) is 0 Å². The van der Waals surface area contributed by atoms with E-state index in [-0.39, 0.29) is 0 Å². The largest absolute Gasteiger partial charge is 0.297 e. The third-order valence-corrected chi connectivity index (χ3v) is 4.94. The molecule has 1 aromatic carbocycles. The first-order chi connectivity index (χ1) is 8.18. The van der Waals surface area contributed by atoms with Crippen molar-refractivity contribution in [1.29, 1.82) is 0 Å². The van der Waals surface area contributed by atoms with Gasteiger partial charge >= 0.3 is 0 Å². The zero-order chi connectivity index (χ0) is 12.0. The van der Waals surface area contributed by atoms with Crippen molar-refractivity contribution in [2.45, 2.75) is 58.0 Å². The molecule has 1 aromatic rings. The van der Waals surface area contributed by atoms with Crippen LogP contribution in [-0.4, -0.2) is 18.0 Å². The molecule has 1 heteroatoms. The molecule has 1 nitrogen and oxygen atoms in total. The second-order valence-corrected chi connectivity index (χ2v) is 5.87. The second kappa shape index (κ2) is 4.13. The van der Waals surface area contributed by atoms with Gasteiger partial charge in [0, 0.05) is 12.1 Å². The molecule has 1 heterocycles. The van der Waals surface area contributed by atoms with Crippen molar-refractivity contribution in [3.63, 3.8) is 0 Å². The molecule has 3 rings (SSSR count). The molecule has 17 heavy (non-hydrogen) atoms. The predicted molar refractivity (Wildman–Crippen MR) is 72.4 cm³/mol. The standard InChI is InChI=1S/C16H23N/c1-11-10-16-14(12(2)17(11)3)9-8-13-6-4-5-7-15(13)16/h8-9,11-12H,4-7,10H2,1-3H3. The molecule has 0 amide bonds. The number of likely N-dealkylation sites (N-methyl/N-ethyl adjacent to an activating group) is 1. The third-order valence-electron chi connectivity index (χ3n) is 4.94. The van der Waals surface area contributed by atoms with Crippen LogP contribution in [0.25, 0.3) is 0 Å². The number of benzene rings is 1. The number of hydrogen-bond acceptors (Lipinski definition) is 1. The summed E-state index contributed by atoms with van der Waals surface area (Å²) >= 11 is 0. The number of hydrogen-bond donors (Lipinski definition) is 0. The highest BCUT2D eigenvalue weighted by atomic mass is 15.2. The monoisotopic (exact) mass is 229 g/mol. The Hall–Kier alpha value is -0.820. The maximum absolute atomic E-state index is 2.51. The molecule has 0 aromatic heterocycles. The van der Waals surface area contributed by atoms with Crippen molar-refractivity contribution in [1.82, 2.24) is 4.90 Å². The first-order valence-electron chi connectivity index (χ1n) is 7.04. The van der Waals surface area contributed by atoms with Crippen molar-refractivity contribution >= 4 is 0 Å². The highest BCUT2D eigenvalue weighted by molar-refractivity contribution is 5.45. The minimum atomic E-state index is 0.584. The highest BCUT2D eigenvalue weighted by Crippen LogP contribution is 2.37. The Morgan fingerprint density at radius 3 is 2.65 bits per heavy atom. The smallest absolute Gasteiger partial charge is 0.0322 e. The molecule has 0 saturated carbocycles. The maximum Gasteiger partial charge on any atom is 0.0322 e. The summed E-state index contributed by atoms with van der Waals surface area (Å²) in [7, 11) is 2.26. The van der Waals surface area contributed by atoms with Crippen LogP contribution in [0.1, 0.15) is 55.0 Å². The summed E-state index contributed by atoms with van der Waals surface area (Å²) in [6, 6.07) is 6.06. The van der Waals surface area contributed by atoms with Crippen LogP contribution in [0.4, 0.5) is 0 Å². The van der Waals surface area contributed by atoms with E-state index in [4.69, 9.17) is 0 Å². The number of nitrogens with zero attached hydrogens (tertiary/aromatic N) is 1. The van der Waals surface area contributed by atoms with Crippen molar-refractivity contribution in [2.75, 3.05) is 7.05 Å². The van der Waals surface area contributed by atoms with Crippen LogP contribution in [0.5, 0.6) is 0 Å². The number of aryl methyl sites for hydroxylation is 1. The van der Waals surface area contributed by atoms with Crippen molar-refractivity contribution in [2.24, 2.45) is 0 Å². The van der Waals surface area contributed by atoms with E-state index < -0.39 is 0 Å². The maximum atomic E-state index is 2.51. The first-order valence-corrected chi connectivity index (χ1v) is 7.04. The van der Waals surface area contributed by atoms with Crippen molar-refractivity contribution in [3.05, 3.63) is 34.4 Å². The van der Waals surface area contributed by atoms with Gasteiger partial charge in [0.25, 0.3) is 0 Å². The van der Waals surface area contributed by atoms with Gasteiger partial charge in [0.1, 0.15) is 0 Å². The lowest BCUT2D eigenvalue weighted by Crippen LogP contribution is -2.38. The van der Waals surface area contributed by atoms with E-state index in [9.17, 15) is 0 Å². The molecule has 0 N–H and O–H groups in total. The minimum Gasteiger partial charge on any atom is -0.297 e. The van der Waals surface area contributed by atoms with E-state index in [2.05, 4.69) is 37.9 Å². The number of fused-ring (bicyclic) bond motifs is 3. The predicted octanol–water partition coefficient (Wildman–Crippen LogP) is 3.50. The Morgan fingerprint density at radius 1 is 1.06 bits per heavy atom. The molecule has 92 valence electrons. The average Bonchev–Trinajstić information content (AvgIpc) is 2.36. The molecule has 0 spiro atoms. The van der Waals surface area contributed by atoms with Crippen LogP contribution in [0.15, 0.2) is 12.1 Å². The lowest BCUT2D eigenvalue weighted by Gasteiger charge is -2.39. The fourth-order valence-electron chi connectivity index (χ4n) is 3.60. The Morgan fingerprint density at radius 2 is 1.82 bits per heavy atom. The van der Waals surface area contributed by atoms with Crippen LogP contribution < -0.4 is 0 Å². The van der Waals surface area contributed by atoms with Gasteiger partial charge in [0.2, 0.25) is 0 Å². The molecular formula is C16H23N. The zero-order valence-corrected chi connectivity index (χ0v) is 11.3. The van der Waals surface area contributed by atoms with Gasteiger partial charge < -0.3 is 0 Å². The summed E-state index contributed by atoms with van der Waals surface area (Å²) < 4.78 is 0. The van der Waals surface area contributed by atoms with E-state index in [0.717, 1.165) is 0 Å². The molecule has 0 fully saturated rings. The molecular weight excluding hydrogens is 206 g/mol. The molecule has 0 saturated heterocycles. The minimum absolute atomic E-state index is 0.584. The van der Waals surface area contributed by atoms with Crippen LogP contribution in [0.2, 0.25) is 0 Å². The summed E-state index contributed by atoms with van der Waals surface area (Å²) in [6.45, 7) is 4.71. The Balaban J connectivity index is 2.11. The van der Waals surface area contributed by atoms with Crippen LogP contribution in [0, 0.1) is 0 Å². The third kappa shape index (κ3) is 1.72. The van der Waals surface area contributed by atoms with Gasteiger partial charge in [0.15, 0.2) is 0 Å². The lowest BCUT2D eigenvalue weighted by atomic mass is 9.80. The van der Waals surface area contributed by atoms with E-state index in [1.807, 2.05) is 0 Å². The van der Waals surface area contributed by atoms with Crippen LogP contribution >= 0.6 is 0 Å². The molecule has 2 atom stereocenters. The van der Waals surface area contributed by atoms with E-state index in [1.54, 1.807) is 22.3 Å². The van der Waals surface area contributed by atoms with E-state index >= 15 is 0 Å². The topological polar surface area (TPSA) is 3.24 Å². The van der Waals surface area contributed by atoms with Crippen molar-refractivity contribution < 1.29 is 0 Å². The quantitative estimate of drug-likeness (QED) is 0.658. The van der Waals surface area contributed by atoms with Gasteiger partial charge in [0.05, 0.1) is 0 Å². The summed E-state index contributed by atoms with van der Waals surface area (Å²) in [4.78, 5) is 2.51. The van der Waals surface area contributed by atoms with Gasteiger partial charge in [-0.3, -0.25) is 4.90 Å². The molecule has 0 bridgehead atoms. The van der Waals surface area contributed by atoms with Gasteiger partial charge in [-0.1, -0.05) is 12.1 Å². The van der Waals surface area contributed by atoms with Gasteiger partial charge in [-0.2, -0.15) is 0 Å². The summed E-state index contributed by atoms with van der Waals surface area (Å²) in [5, 5.41) is 0. The SMILES string of the molecule is CC1Cc2c(ccc3c2CCCC3)C(C)N1C. The molecule has 1 aliphatic carbocycles. The van der Waals surface area contributed by atoms with Gasteiger partial charge in [-0.05, 0) is 75.3 Å².